The Hall–Kier alpha value is -1.60. The third-order valence-corrected chi connectivity index (χ3v) is 5.66. The number of halogens is 2. The second kappa shape index (κ2) is 7.53. The molecule has 0 saturated carbocycles. The Balaban J connectivity index is 2.16. The van der Waals surface area contributed by atoms with Crippen molar-refractivity contribution in [3.8, 4) is 0 Å². The van der Waals surface area contributed by atoms with Crippen LogP contribution in [0.25, 0.3) is 0 Å². The van der Waals surface area contributed by atoms with Crippen LogP contribution in [-0.4, -0.2) is 39.1 Å². The SMILES string of the molecule is CN(C)S(=O)(=O)c1cccc(C(=O)CNc2ccc(Cl)cc2Cl)c1. The summed E-state index contributed by atoms with van der Waals surface area (Å²) in [6, 6.07) is 10.8. The molecule has 0 spiro atoms. The molecule has 0 heterocycles. The molecule has 1 N–H and O–H groups in total. The number of carbonyl (C=O) groups excluding carboxylic acids is 1. The molecule has 0 bridgehead atoms. The first-order valence-electron chi connectivity index (χ1n) is 6.96. The van der Waals surface area contributed by atoms with Crippen LogP contribution in [0.1, 0.15) is 10.4 Å². The van der Waals surface area contributed by atoms with E-state index in [1.165, 1.54) is 26.2 Å². The lowest BCUT2D eigenvalue weighted by atomic mass is 10.1. The average molecular weight is 387 g/mol. The summed E-state index contributed by atoms with van der Waals surface area (Å²) in [5.74, 6) is -0.253. The normalized spacial score (nSPS) is 11.5. The minimum Gasteiger partial charge on any atom is -0.376 e. The number of carbonyl (C=O) groups is 1. The topological polar surface area (TPSA) is 66.5 Å². The Labute approximate surface area is 151 Å². The molecule has 128 valence electrons. The van der Waals surface area contributed by atoms with Gasteiger partial charge in [0.1, 0.15) is 0 Å². The summed E-state index contributed by atoms with van der Waals surface area (Å²) in [6.07, 6.45) is 0. The van der Waals surface area contributed by atoms with Crippen LogP contribution in [0.3, 0.4) is 0 Å². The highest BCUT2D eigenvalue weighted by atomic mass is 35.5. The first kappa shape index (κ1) is 18.7. The Morgan fingerprint density at radius 1 is 1.12 bits per heavy atom. The van der Waals surface area contributed by atoms with Gasteiger partial charge in [0.25, 0.3) is 0 Å². The maximum atomic E-state index is 12.3. The minimum atomic E-state index is -3.59. The van der Waals surface area contributed by atoms with E-state index in [1.807, 2.05) is 0 Å². The summed E-state index contributed by atoms with van der Waals surface area (Å²) in [6.45, 7) is -0.0210. The third-order valence-electron chi connectivity index (χ3n) is 3.31. The highest BCUT2D eigenvalue weighted by Gasteiger charge is 2.18. The number of rotatable bonds is 6. The molecule has 0 aliphatic heterocycles. The van der Waals surface area contributed by atoms with E-state index in [1.54, 1.807) is 30.3 Å². The monoisotopic (exact) mass is 386 g/mol. The summed E-state index contributed by atoms with van der Waals surface area (Å²) in [5, 5.41) is 3.82. The zero-order chi connectivity index (χ0) is 17.9. The molecule has 0 aromatic heterocycles. The van der Waals surface area contributed by atoms with Gasteiger partial charge in [-0.25, -0.2) is 12.7 Å². The molecule has 0 amide bonds. The van der Waals surface area contributed by atoms with Crippen molar-refractivity contribution in [3.63, 3.8) is 0 Å². The molecule has 24 heavy (non-hydrogen) atoms. The fourth-order valence-corrected chi connectivity index (χ4v) is 3.37. The zero-order valence-electron chi connectivity index (χ0n) is 13.1. The van der Waals surface area contributed by atoms with Crippen molar-refractivity contribution in [2.75, 3.05) is 26.0 Å². The lowest BCUT2D eigenvalue weighted by Crippen LogP contribution is -2.22. The van der Waals surface area contributed by atoms with Crippen LogP contribution in [0.5, 0.6) is 0 Å². The van der Waals surface area contributed by atoms with E-state index in [9.17, 15) is 13.2 Å². The Morgan fingerprint density at radius 2 is 1.83 bits per heavy atom. The van der Waals surface area contributed by atoms with Gasteiger partial charge in [0.15, 0.2) is 5.78 Å². The smallest absolute Gasteiger partial charge is 0.242 e. The van der Waals surface area contributed by atoms with Gasteiger partial charge in [-0.05, 0) is 30.3 Å². The molecular weight excluding hydrogens is 371 g/mol. The molecule has 0 saturated heterocycles. The van der Waals surface area contributed by atoms with E-state index in [2.05, 4.69) is 5.32 Å². The van der Waals surface area contributed by atoms with Crippen LogP contribution >= 0.6 is 23.2 Å². The molecular formula is C16H16Cl2N2O3S. The number of benzene rings is 2. The van der Waals surface area contributed by atoms with Crippen LogP contribution in [0.2, 0.25) is 10.0 Å². The van der Waals surface area contributed by atoms with Gasteiger partial charge in [-0.2, -0.15) is 0 Å². The number of Topliss-reactive ketones (excluding diaryl/α,β-unsaturated/α-hetero) is 1. The van der Waals surface area contributed by atoms with Gasteiger partial charge in [0.05, 0.1) is 22.2 Å². The predicted molar refractivity (Wildman–Crippen MR) is 96.6 cm³/mol. The number of hydrogen-bond acceptors (Lipinski definition) is 4. The van der Waals surface area contributed by atoms with Gasteiger partial charge in [0.2, 0.25) is 10.0 Å². The molecule has 2 aromatic rings. The van der Waals surface area contributed by atoms with Gasteiger partial charge in [0, 0.05) is 24.7 Å². The molecule has 0 unspecified atom stereocenters. The van der Waals surface area contributed by atoms with Crippen LogP contribution in [-0.2, 0) is 10.0 Å². The van der Waals surface area contributed by atoms with Gasteiger partial charge < -0.3 is 5.32 Å². The number of sulfonamides is 1. The van der Waals surface area contributed by atoms with Crippen molar-refractivity contribution in [1.82, 2.24) is 4.31 Å². The van der Waals surface area contributed by atoms with Crippen molar-refractivity contribution < 1.29 is 13.2 Å². The molecule has 8 heteroatoms. The van der Waals surface area contributed by atoms with E-state index in [0.29, 0.717) is 21.3 Å². The molecule has 0 aliphatic carbocycles. The molecule has 2 aromatic carbocycles. The largest absolute Gasteiger partial charge is 0.376 e. The van der Waals surface area contributed by atoms with Gasteiger partial charge in [-0.15, -0.1) is 0 Å². The molecule has 0 radical (unpaired) electrons. The minimum absolute atomic E-state index is 0.0210. The third kappa shape index (κ3) is 4.27. The first-order chi connectivity index (χ1) is 11.2. The number of nitrogens with one attached hydrogen (secondary N) is 1. The van der Waals surface area contributed by atoms with Gasteiger partial charge >= 0.3 is 0 Å². The zero-order valence-corrected chi connectivity index (χ0v) is 15.4. The maximum absolute atomic E-state index is 12.3. The second-order valence-electron chi connectivity index (χ2n) is 5.22. The molecule has 2 rings (SSSR count). The summed E-state index contributed by atoms with van der Waals surface area (Å²) >= 11 is 11.9. The van der Waals surface area contributed by atoms with E-state index in [4.69, 9.17) is 23.2 Å². The summed E-state index contributed by atoms with van der Waals surface area (Å²) in [4.78, 5) is 12.4. The van der Waals surface area contributed by atoms with Crippen LogP contribution in [0.4, 0.5) is 5.69 Å². The Bertz CT molecular complexity index is 867. The van der Waals surface area contributed by atoms with E-state index < -0.39 is 10.0 Å². The van der Waals surface area contributed by atoms with Crippen molar-refractivity contribution in [1.29, 1.82) is 0 Å². The van der Waals surface area contributed by atoms with E-state index >= 15 is 0 Å². The quantitative estimate of drug-likeness (QED) is 0.770. The van der Waals surface area contributed by atoms with Crippen molar-refractivity contribution in [2.45, 2.75) is 4.90 Å². The highest BCUT2D eigenvalue weighted by molar-refractivity contribution is 7.89. The number of ketones is 1. The standard InChI is InChI=1S/C16H16Cl2N2O3S/c1-20(2)24(22,23)13-5-3-4-11(8-13)16(21)10-19-15-7-6-12(17)9-14(15)18/h3-9,19H,10H2,1-2H3. The summed E-state index contributed by atoms with van der Waals surface area (Å²) in [7, 11) is -0.710. The first-order valence-corrected chi connectivity index (χ1v) is 9.16. The second-order valence-corrected chi connectivity index (χ2v) is 8.21. The van der Waals surface area contributed by atoms with Crippen LogP contribution in [0.15, 0.2) is 47.4 Å². The average Bonchev–Trinajstić information content (AvgIpc) is 2.53. The maximum Gasteiger partial charge on any atom is 0.242 e. The van der Waals surface area contributed by atoms with Crippen molar-refractivity contribution in [2.24, 2.45) is 0 Å². The van der Waals surface area contributed by atoms with Crippen LogP contribution < -0.4 is 5.32 Å². The van der Waals surface area contributed by atoms with Crippen molar-refractivity contribution in [3.05, 3.63) is 58.1 Å². The lowest BCUT2D eigenvalue weighted by molar-refractivity contribution is 0.101. The van der Waals surface area contributed by atoms with E-state index in [-0.39, 0.29) is 17.2 Å². The molecule has 0 fully saturated rings. The lowest BCUT2D eigenvalue weighted by Gasteiger charge is -2.12. The number of hydrogen-bond donors (Lipinski definition) is 1. The van der Waals surface area contributed by atoms with Crippen molar-refractivity contribution >= 4 is 44.7 Å². The highest BCUT2D eigenvalue weighted by Crippen LogP contribution is 2.25. The fraction of sp³-hybridized carbons (Fsp3) is 0.188. The van der Waals surface area contributed by atoms with Gasteiger partial charge in [-0.3, -0.25) is 4.79 Å². The molecule has 5 nitrogen and oxygen atoms in total. The van der Waals surface area contributed by atoms with E-state index in [0.717, 1.165) is 4.31 Å². The number of nitrogens with zero attached hydrogens (tertiary/aromatic N) is 1. The fourth-order valence-electron chi connectivity index (χ4n) is 1.95. The summed E-state index contributed by atoms with van der Waals surface area (Å²) < 4.78 is 25.4. The molecule has 0 atom stereocenters. The Kier molecular flexibility index (Phi) is 5.87. The summed E-state index contributed by atoms with van der Waals surface area (Å²) in [5.41, 5.74) is 0.877. The Morgan fingerprint density at radius 3 is 2.46 bits per heavy atom. The predicted octanol–water partition coefficient (Wildman–Crippen LogP) is 3.54. The number of anilines is 1. The molecule has 0 aliphatic rings. The van der Waals surface area contributed by atoms with Gasteiger partial charge in [-0.1, -0.05) is 35.3 Å². The van der Waals surface area contributed by atoms with Crippen LogP contribution in [0, 0.1) is 0 Å².